The zero-order valence-corrected chi connectivity index (χ0v) is 9.88. The third-order valence-corrected chi connectivity index (χ3v) is 2.52. The van der Waals surface area contributed by atoms with Crippen LogP contribution >= 0.6 is 0 Å². The minimum atomic E-state index is -0.961. The first-order valence-corrected chi connectivity index (χ1v) is 5.29. The van der Waals surface area contributed by atoms with E-state index in [1.54, 1.807) is 19.1 Å². The Kier molecular flexibility index (Phi) is 4.09. The molecule has 2 amide bonds. The average molecular weight is 236 g/mol. The van der Waals surface area contributed by atoms with E-state index in [-0.39, 0.29) is 6.42 Å². The number of amides is 2. The first kappa shape index (κ1) is 13.0. The van der Waals surface area contributed by atoms with Crippen molar-refractivity contribution >= 4 is 17.7 Å². The highest BCUT2D eigenvalue weighted by Gasteiger charge is 2.22. The van der Waals surface area contributed by atoms with Crippen LogP contribution in [0.1, 0.15) is 18.9 Å². The summed E-state index contributed by atoms with van der Waals surface area (Å²) in [7, 11) is 0. The highest BCUT2D eigenvalue weighted by atomic mass is 16.4. The molecule has 1 aromatic carbocycles. The summed E-state index contributed by atoms with van der Waals surface area (Å²) in [5, 5.41) is 8.75. The molecule has 0 bridgehead atoms. The van der Waals surface area contributed by atoms with Gasteiger partial charge in [-0.05, 0) is 25.5 Å². The molecule has 0 saturated carbocycles. The van der Waals surface area contributed by atoms with Gasteiger partial charge in [-0.25, -0.2) is 4.79 Å². The van der Waals surface area contributed by atoms with Gasteiger partial charge in [0.1, 0.15) is 0 Å². The maximum atomic E-state index is 11.4. The second-order valence-corrected chi connectivity index (χ2v) is 3.94. The Balaban J connectivity index is 3.06. The SMILES string of the molecule is Cc1ccccc1N(C(N)=O)C(C)CC(=O)O. The van der Waals surface area contributed by atoms with E-state index in [4.69, 9.17) is 10.8 Å². The molecule has 92 valence electrons. The number of hydrogen-bond acceptors (Lipinski definition) is 2. The van der Waals surface area contributed by atoms with Gasteiger partial charge in [0.25, 0.3) is 0 Å². The van der Waals surface area contributed by atoms with Gasteiger partial charge >= 0.3 is 12.0 Å². The number of aliphatic carboxylic acids is 1. The third kappa shape index (κ3) is 3.21. The molecule has 5 nitrogen and oxygen atoms in total. The number of urea groups is 1. The summed E-state index contributed by atoms with van der Waals surface area (Å²) < 4.78 is 0. The Labute approximate surface area is 99.8 Å². The molecule has 0 fully saturated rings. The van der Waals surface area contributed by atoms with E-state index in [2.05, 4.69) is 0 Å². The van der Waals surface area contributed by atoms with Gasteiger partial charge in [-0.1, -0.05) is 18.2 Å². The maximum absolute atomic E-state index is 11.4. The number of aryl methyl sites for hydroxylation is 1. The standard InChI is InChI=1S/C12H16N2O3/c1-8-5-3-4-6-10(8)14(12(13)17)9(2)7-11(15)16/h3-6,9H,7H2,1-2H3,(H2,13,17)(H,15,16). The number of carbonyl (C=O) groups excluding carboxylic acids is 1. The smallest absolute Gasteiger partial charge is 0.319 e. The van der Waals surface area contributed by atoms with Crippen molar-refractivity contribution in [3.63, 3.8) is 0 Å². The molecule has 0 heterocycles. The van der Waals surface area contributed by atoms with Crippen LogP contribution in [0.2, 0.25) is 0 Å². The molecule has 0 aromatic heterocycles. The van der Waals surface area contributed by atoms with Crippen molar-refractivity contribution in [2.75, 3.05) is 4.90 Å². The Morgan fingerprint density at radius 3 is 2.47 bits per heavy atom. The lowest BCUT2D eigenvalue weighted by molar-refractivity contribution is -0.137. The van der Waals surface area contributed by atoms with Crippen molar-refractivity contribution < 1.29 is 14.7 Å². The number of nitrogens with two attached hydrogens (primary N) is 1. The van der Waals surface area contributed by atoms with Crippen LogP contribution in [0.25, 0.3) is 0 Å². The summed E-state index contributed by atoms with van der Waals surface area (Å²) in [6.07, 6.45) is -0.142. The fourth-order valence-electron chi connectivity index (χ4n) is 1.75. The third-order valence-electron chi connectivity index (χ3n) is 2.52. The Bertz CT molecular complexity index is 432. The van der Waals surface area contributed by atoms with E-state index < -0.39 is 18.0 Å². The van der Waals surface area contributed by atoms with Crippen LogP contribution in [0.3, 0.4) is 0 Å². The van der Waals surface area contributed by atoms with E-state index in [1.807, 2.05) is 19.1 Å². The molecule has 3 N–H and O–H groups in total. The molecule has 1 rings (SSSR count). The molecule has 1 aromatic rings. The molecular weight excluding hydrogens is 220 g/mol. The van der Waals surface area contributed by atoms with Crippen LogP contribution < -0.4 is 10.6 Å². The van der Waals surface area contributed by atoms with E-state index in [9.17, 15) is 9.59 Å². The number of primary amides is 1. The molecule has 0 aliphatic carbocycles. The lowest BCUT2D eigenvalue weighted by Gasteiger charge is -2.27. The second kappa shape index (κ2) is 5.34. The van der Waals surface area contributed by atoms with Crippen molar-refractivity contribution in [1.82, 2.24) is 0 Å². The summed E-state index contributed by atoms with van der Waals surface area (Å²) in [5.41, 5.74) is 6.83. The van der Waals surface area contributed by atoms with Crippen LogP contribution in [0.4, 0.5) is 10.5 Å². The highest BCUT2D eigenvalue weighted by Crippen LogP contribution is 2.22. The van der Waals surface area contributed by atoms with E-state index >= 15 is 0 Å². The van der Waals surface area contributed by atoms with E-state index in [1.165, 1.54) is 4.90 Å². The van der Waals surface area contributed by atoms with Gasteiger partial charge in [-0.3, -0.25) is 9.69 Å². The molecule has 0 aliphatic heterocycles. The number of benzene rings is 1. The number of rotatable bonds is 4. The number of para-hydroxylation sites is 1. The van der Waals surface area contributed by atoms with Crippen molar-refractivity contribution in [2.45, 2.75) is 26.3 Å². The van der Waals surface area contributed by atoms with Crippen LogP contribution in [0.15, 0.2) is 24.3 Å². The predicted octanol–water partition coefficient (Wildman–Crippen LogP) is 1.74. The Hall–Kier alpha value is -2.04. The highest BCUT2D eigenvalue weighted by molar-refractivity contribution is 5.92. The monoisotopic (exact) mass is 236 g/mol. The molecule has 0 spiro atoms. The minimum Gasteiger partial charge on any atom is -0.481 e. The predicted molar refractivity (Wildman–Crippen MR) is 65.0 cm³/mol. The summed E-state index contributed by atoms with van der Waals surface area (Å²) in [6, 6.07) is 6.10. The number of carboxylic acids is 1. The Morgan fingerprint density at radius 2 is 2.00 bits per heavy atom. The number of anilines is 1. The topological polar surface area (TPSA) is 83.6 Å². The van der Waals surface area contributed by atoms with Crippen LogP contribution in [0, 0.1) is 6.92 Å². The maximum Gasteiger partial charge on any atom is 0.319 e. The van der Waals surface area contributed by atoms with Crippen molar-refractivity contribution in [1.29, 1.82) is 0 Å². The fourth-order valence-corrected chi connectivity index (χ4v) is 1.75. The normalized spacial score (nSPS) is 11.9. The minimum absolute atomic E-state index is 0.142. The van der Waals surface area contributed by atoms with Crippen molar-refractivity contribution in [2.24, 2.45) is 5.73 Å². The quantitative estimate of drug-likeness (QED) is 0.835. The van der Waals surface area contributed by atoms with Crippen LogP contribution in [-0.4, -0.2) is 23.1 Å². The second-order valence-electron chi connectivity index (χ2n) is 3.94. The van der Waals surface area contributed by atoms with Gasteiger partial charge in [0.2, 0.25) is 0 Å². The molecule has 1 atom stereocenters. The molecule has 5 heteroatoms. The number of nitrogens with zero attached hydrogens (tertiary/aromatic N) is 1. The van der Waals surface area contributed by atoms with Gasteiger partial charge in [-0.15, -0.1) is 0 Å². The largest absolute Gasteiger partial charge is 0.481 e. The lowest BCUT2D eigenvalue weighted by Crippen LogP contribution is -2.43. The van der Waals surface area contributed by atoms with Crippen LogP contribution in [0.5, 0.6) is 0 Å². The van der Waals surface area contributed by atoms with Crippen molar-refractivity contribution in [3.05, 3.63) is 29.8 Å². The van der Waals surface area contributed by atoms with Gasteiger partial charge in [-0.2, -0.15) is 0 Å². The van der Waals surface area contributed by atoms with E-state index in [0.29, 0.717) is 5.69 Å². The number of hydrogen-bond donors (Lipinski definition) is 2. The summed E-state index contributed by atoms with van der Waals surface area (Å²) in [5.74, 6) is -0.961. The van der Waals surface area contributed by atoms with Gasteiger partial charge in [0, 0.05) is 11.7 Å². The fraction of sp³-hybridized carbons (Fsp3) is 0.333. The summed E-state index contributed by atoms with van der Waals surface area (Å²) >= 11 is 0. The summed E-state index contributed by atoms with van der Waals surface area (Å²) in [6.45, 7) is 3.50. The molecule has 17 heavy (non-hydrogen) atoms. The average Bonchev–Trinajstić information content (AvgIpc) is 2.19. The molecule has 1 unspecified atom stereocenters. The summed E-state index contributed by atoms with van der Waals surface area (Å²) in [4.78, 5) is 23.4. The zero-order chi connectivity index (χ0) is 13.0. The van der Waals surface area contributed by atoms with E-state index in [0.717, 1.165) is 5.56 Å². The molecule has 0 aliphatic rings. The number of carboxylic acid groups (broad SMARTS) is 1. The number of carbonyl (C=O) groups is 2. The van der Waals surface area contributed by atoms with Gasteiger partial charge in [0.15, 0.2) is 0 Å². The van der Waals surface area contributed by atoms with Gasteiger partial charge in [0.05, 0.1) is 6.42 Å². The lowest BCUT2D eigenvalue weighted by atomic mass is 10.1. The molecular formula is C12H16N2O3. The van der Waals surface area contributed by atoms with Crippen molar-refractivity contribution in [3.8, 4) is 0 Å². The molecule has 0 saturated heterocycles. The molecule has 0 radical (unpaired) electrons. The van der Waals surface area contributed by atoms with Crippen LogP contribution in [-0.2, 0) is 4.79 Å². The van der Waals surface area contributed by atoms with Gasteiger partial charge < -0.3 is 10.8 Å². The first-order chi connectivity index (χ1) is 7.93. The first-order valence-electron chi connectivity index (χ1n) is 5.29. The Morgan fingerprint density at radius 1 is 1.41 bits per heavy atom. The zero-order valence-electron chi connectivity index (χ0n) is 9.88.